The van der Waals surface area contributed by atoms with Crippen molar-refractivity contribution in [3.05, 3.63) is 59.3 Å². The Morgan fingerprint density at radius 1 is 1.26 bits per heavy atom. The summed E-state index contributed by atoms with van der Waals surface area (Å²) in [5.74, 6) is -5.54. The Morgan fingerprint density at radius 3 is 2.54 bits per heavy atom. The molecule has 0 spiro atoms. The van der Waals surface area contributed by atoms with Crippen molar-refractivity contribution >= 4 is 44.9 Å². The molecule has 0 fully saturated rings. The number of halogens is 5. The van der Waals surface area contributed by atoms with E-state index in [1.165, 1.54) is 37.8 Å². The zero-order valence-corrected chi connectivity index (χ0v) is 20.3. The molecule has 1 aromatic heterocycles. The van der Waals surface area contributed by atoms with Crippen molar-refractivity contribution in [2.24, 2.45) is 0 Å². The summed E-state index contributed by atoms with van der Waals surface area (Å²) in [4.78, 5) is 15.0. The summed E-state index contributed by atoms with van der Waals surface area (Å²) >= 11 is 6.12. The summed E-state index contributed by atoms with van der Waals surface area (Å²) in [6, 6.07) is 3.55. The molecule has 1 aliphatic rings. The molecule has 13 heteroatoms. The van der Waals surface area contributed by atoms with E-state index in [-0.39, 0.29) is 27.4 Å². The zero-order chi connectivity index (χ0) is 25.7. The van der Waals surface area contributed by atoms with Crippen LogP contribution in [-0.4, -0.2) is 58.7 Å². The number of anilines is 1. The van der Waals surface area contributed by atoms with E-state index in [4.69, 9.17) is 16.1 Å². The van der Waals surface area contributed by atoms with Crippen molar-refractivity contribution in [1.29, 1.82) is 0 Å². The van der Waals surface area contributed by atoms with Crippen molar-refractivity contribution in [1.82, 2.24) is 14.8 Å². The van der Waals surface area contributed by atoms with Crippen LogP contribution in [0.15, 0.2) is 47.1 Å². The Balaban J connectivity index is 1.89. The topological polar surface area (TPSA) is 81.8 Å². The lowest BCUT2D eigenvalue weighted by molar-refractivity contribution is 0.0119. The zero-order valence-electron chi connectivity index (χ0n) is 18.7. The van der Waals surface area contributed by atoms with Gasteiger partial charge in [0.2, 0.25) is 0 Å². The Labute approximate surface area is 204 Å². The molecule has 2 N–H and O–H groups in total. The number of alkyl halides is 2. The van der Waals surface area contributed by atoms with E-state index >= 15 is 0 Å². The van der Waals surface area contributed by atoms with Crippen molar-refractivity contribution in [2.45, 2.75) is 12.0 Å². The van der Waals surface area contributed by atoms with Gasteiger partial charge in [-0.05, 0) is 30.7 Å². The molecule has 0 radical (unpaired) electrons. The number of aromatic nitrogens is 1. The number of nitrogens with one attached hydrogen (secondary N) is 1. The Morgan fingerprint density at radius 2 is 1.91 bits per heavy atom. The largest absolute Gasteiger partial charge is 0.354 e. The van der Waals surface area contributed by atoms with Crippen molar-refractivity contribution < 1.29 is 31.4 Å². The number of likely N-dealkylation sites (N-methyl/N-ethyl adjacent to an activating group) is 1. The van der Waals surface area contributed by atoms with Crippen molar-refractivity contribution in [3.63, 3.8) is 0 Å². The molecule has 0 unspecified atom stereocenters. The van der Waals surface area contributed by atoms with E-state index in [0.717, 1.165) is 28.1 Å². The smallest absolute Gasteiger partial charge is 0.329 e. The van der Waals surface area contributed by atoms with E-state index in [9.17, 15) is 26.9 Å². The highest BCUT2D eigenvalue weighted by Gasteiger charge is 2.43. The monoisotopic (exact) mass is 532 g/mol. The minimum atomic E-state index is -3.48. The van der Waals surface area contributed by atoms with Gasteiger partial charge >= 0.3 is 6.03 Å². The maximum Gasteiger partial charge on any atom is 0.329 e. The van der Waals surface area contributed by atoms with Gasteiger partial charge in [-0.25, -0.2) is 27.3 Å². The number of amides is 2. The molecule has 188 valence electrons. The average Bonchev–Trinajstić information content (AvgIpc) is 3.15. The lowest BCUT2D eigenvalue weighted by atomic mass is 10.00. The van der Waals surface area contributed by atoms with Crippen LogP contribution >= 0.6 is 22.1 Å². The van der Waals surface area contributed by atoms with Gasteiger partial charge in [-0.15, -0.1) is 0 Å². The number of benzene rings is 2. The lowest BCUT2D eigenvalue weighted by Gasteiger charge is -2.38. The summed E-state index contributed by atoms with van der Waals surface area (Å²) in [5, 5.41) is 3.93. The summed E-state index contributed by atoms with van der Waals surface area (Å²) in [5.41, 5.74) is -0.515. The van der Waals surface area contributed by atoms with Gasteiger partial charge in [-0.2, -0.15) is 0 Å². The Bertz CT molecular complexity index is 1310. The lowest BCUT2D eigenvalue weighted by Crippen LogP contribution is -2.55. The molecule has 2 aromatic carbocycles. The number of hydrogen-bond donors (Lipinski definition) is 2. The highest BCUT2D eigenvalue weighted by molar-refractivity contribution is 8.26. The van der Waals surface area contributed by atoms with E-state index < -0.39 is 52.2 Å². The van der Waals surface area contributed by atoms with Crippen LogP contribution in [0.1, 0.15) is 0 Å². The first-order valence-corrected chi connectivity index (χ1v) is 12.9. The fourth-order valence-corrected chi connectivity index (χ4v) is 4.91. The predicted octanol–water partition coefficient (Wildman–Crippen LogP) is 5.86. The normalized spacial score (nSPS) is 19.2. The fraction of sp³-hybridized carbons (Fsp3) is 0.273. The van der Waals surface area contributed by atoms with Crippen LogP contribution in [-0.2, 0) is 0 Å². The van der Waals surface area contributed by atoms with Gasteiger partial charge in [0.05, 0.1) is 10.9 Å². The summed E-state index contributed by atoms with van der Waals surface area (Å²) < 4.78 is 77.1. The van der Waals surface area contributed by atoms with Crippen LogP contribution in [0.5, 0.6) is 0 Å². The number of fused-ring (bicyclic) bond motifs is 1. The van der Waals surface area contributed by atoms with Crippen LogP contribution in [0.2, 0.25) is 5.02 Å². The molecule has 0 aliphatic carbocycles. The van der Waals surface area contributed by atoms with E-state index in [0.29, 0.717) is 6.08 Å². The quantitative estimate of drug-likeness (QED) is 0.411. The third-order valence-corrected chi connectivity index (χ3v) is 6.39. The SMILES string of the molecule is CN1C[C@@H](NS(C)(C)O)C(F)(F)C=CN(c2noc3cc(Cl)cc(-c4c(F)cccc4F)c23)C1=O. The molecule has 0 saturated heterocycles. The summed E-state index contributed by atoms with van der Waals surface area (Å²) in [7, 11) is -1.22. The predicted molar refractivity (Wildman–Crippen MR) is 128 cm³/mol. The third kappa shape index (κ3) is 4.96. The number of nitrogens with zero attached hydrogens (tertiary/aromatic N) is 3. The van der Waals surface area contributed by atoms with E-state index in [2.05, 4.69) is 9.88 Å². The molecule has 0 bridgehead atoms. The number of rotatable bonds is 4. The van der Waals surface area contributed by atoms with Gasteiger partial charge < -0.3 is 14.0 Å². The van der Waals surface area contributed by atoms with E-state index in [1.807, 2.05) is 0 Å². The average molecular weight is 533 g/mol. The molecule has 35 heavy (non-hydrogen) atoms. The van der Waals surface area contributed by atoms with Crippen molar-refractivity contribution in [2.75, 3.05) is 31.0 Å². The van der Waals surface area contributed by atoms with Crippen LogP contribution < -0.4 is 9.62 Å². The molecule has 0 saturated carbocycles. The first kappa shape index (κ1) is 25.3. The molecule has 2 heterocycles. The molecule has 2 amide bonds. The highest BCUT2D eigenvalue weighted by atomic mass is 35.5. The molecule has 1 atom stereocenters. The van der Waals surface area contributed by atoms with Crippen LogP contribution in [0.4, 0.5) is 28.2 Å². The minimum Gasteiger partial charge on any atom is -0.354 e. The van der Waals surface area contributed by atoms with Gasteiger partial charge in [0.1, 0.15) is 17.7 Å². The van der Waals surface area contributed by atoms with Crippen molar-refractivity contribution in [3.8, 4) is 11.1 Å². The van der Waals surface area contributed by atoms with Crippen LogP contribution in [0.3, 0.4) is 0 Å². The number of hydrogen-bond acceptors (Lipinski definition) is 5. The van der Waals surface area contributed by atoms with Gasteiger partial charge in [0.25, 0.3) is 5.92 Å². The van der Waals surface area contributed by atoms with Gasteiger partial charge in [-0.3, -0.25) is 4.72 Å². The second-order valence-electron chi connectivity index (χ2n) is 8.40. The summed E-state index contributed by atoms with van der Waals surface area (Å²) in [6.45, 7) is -0.458. The molecule has 1 aliphatic heterocycles. The molecule has 4 rings (SSSR count). The Kier molecular flexibility index (Phi) is 6.51. The molecule has 3 aromatic rings. The van der Waals surface area contributed by atoms with Crippen LogP contribution in [0, 0.1) is 11.6 Å². The molecular weight excluding hydrogens is 512 g/mol. The standard InChI is InChI=1S/C22H21ClF4N4O3S/c1-30-11-17(29-35(2,3)33)22(26,27)7-8-31(21(30)32)20-19-13(9-12(23)10-16(19)34-28-20)18-14(24)5-4-6-15(18)25/h4-10,17,29,33H,11H2,1-3H3/t17-/m1/s1. The van der Waals surface area contributed by atoms with E-state index in [1.54, 1.807) is 0 Å². The first-order chi connectivity index (χ1) is 16.3. The fourth-order valence-electron chi connectivity index (χ4n) is 3.78. The minimum absolute atomic E-state index is 0.00398. The summed E-state index contributed by atoms with van der Waals surface area (Å²) in [6.07, 6.45) is 4.09. The number of urea groups is 1. The Hall–Kier alpha value is -2.80. The number of carbonyl (C=O) groups is 1. The second-order valence-corrected chi connectivity index (χ2v) is 11.6. The molecule has 7 nitrogen and oxygen atoms in total. The maximum atomic E-state index is 15.0. The second kappa shape index (κ2) is 9.01. The maximum absolute atomic E-state index is 15.0. The van der Waals surface area contributed by atoms with Gasteiger partial charge in [0, 0.05) is 42.5 Å². The van der Waals surface area contributed by atoms with Crippen LogP contribution in [0.25, 0.3) is 22.1 Å². The molecular formula is C22H21ClF4N4O3S. The number of carbonyl (C=O) groups excluding carboxylic acids is 1. The third-order valence-electron chi connectivity index (χ3n) is 5.31. The van der Waals surface area contributed by atoms with Gasteiger partial charge in [-0.1, -0.05) is 33.3 Å². The highest BCUT2D eigenvalue weighted by Crippen LogP contribution is 2.41. The van der Waals surface area contributed by atoms with Gasteiger partial charge in [0.15, 0.2) is 11.4 Å². The first-order valence-electron chi connectivity index (χ1n) is 10.2.